The number of aromatic hydroxyl groups is 1. The fourth-order valence-corrected chi connectivity index (χ4v) is 4.98. The van der Waals surface area contributed by atoms with Crippen LogP contribution in [0, 0.1) is 5.92 Å². The van der Waals surface area contributed by atoms with Crippen LogP contribution in [0.4, 0.5) is 11.4 Å². The van der Waals surface area contributed by atoms with Crippen LogP contribution in [0.3, 0.4) is 0 Å². The predicted octanol–water partition coefficient (Wildman–Crippen LogP) is 5.29. The van der Waals surface area contributed by atoms with Crippen LogP contribution in [-0.2, 0) is 4.79 Å². The van der Waals surface area contributed by atoms with Crippen molar-refractivity contribution < 1.29 is 9.90 Å². The summed E-state index contributed by atoms with van der Waals surface area (Å²) in [7, 11) is 0. The Morgan fingerprint density at radius 2 is 1.86 bits per heavy atom. The molecule has 0 radical (unpaired) electrons. The molecule has 140 valence electrons. The number of nitrogens with one attached hydrogen (secondary N) is 2. The van der Waals surface area contributed by atoms with Crippen molar-refractivity contribution in [2.75, 3.05) is 10.6 Å². The summed E-state index contributed by atoms with van der Waals surface area (Å²) in [5.74, 6) is 0.179. The Morgan fingerprint density at radius 3 is 2.64 bits per heavy atom. The highest BCUT2D eigenvalue weighted by atomic mass is 32.1. The number of ketones is 1. The second kappa shape index (κ2) is 6.84. The zero-order valence-corrected chi connectivity index (χ0v) is 15.9. The van der Waals surface area contributed by atoms with Crippen molar-refractivity contribution in [1.82, 2.24) is 0 Å². The van der Waals surface area contributed by atoms with Crippen LogP contribution in [0.25, 0.3) is 0 Å². The van der Waals surface area contributed by atoms with E-state index in [1.807, 2.05) is 42.5 Å². The summed E-state index contributed by atoms with van der Waals surface area (Å²) in [6, 6.07) is 19.0. The van der Waals surface area contributed by atoms with E-state index in [2.05, 4.69) is 28.2 Å². The number of phenols is 1. The first-order chi connectivity index (χ1) is 13.7. The number of hydrogen-bond acceptors (Lipinski definition) is 5. The molecule has 3 atom stereocenters. The van der Waals surface area contributed by atoms with E-state index in [1.54, 1.807) is 23.5 Å². The SMILES string of the molecule is O=C1CC(c2cccs2)C=C2Nc3ccccc3NC(c3cccc(O)c3)C12. The molecule has 1 aliphatic heterocycles. The number of benzene rings is 2. The number of carbonyl (C=O) groups is 1. The molecule has 0 saturated carbocycles. The molecule has 2 heterocycles. The molecule has 5 heteroatoms. The third kappa shape index (κ3) is 2.98. The van der Waals surface area contributed by atoms with Crippen LogP contribution in [0.15, 0.2) is 77.8 Å². The van der Waals surface area contributed by atoms with Gasteiger partial charge in [0, 0.05) is 22.9 Å². The van der Waals surface area contributed by atoms with Gasteiger partial charge in [-0.05, 0) is 41.3 Å². The molecule has 0 spiro atoms. The second-order valence-corrected chi connectivity index (χ2v) is 8.26. The maximum Gasteiger partial charge on any atom is 0.145 e. The maximum absolute atomic E-state index is 13.3. The smallest absolute Gasteiger partial charge is 0.145 e. The van der Waals surface area contributed by atoms with Gasteiger partial charge in [0.1, 0.15) is 11.5 Å². The lowest BCUT2D eigenvalue weighted by molar-refractivity contribution is -0.122. The molecule has 3 N–H and O–H groups in total. The third-order valence-electron chi connectivity index (χ3n) is 5.47. The standard InChI is InChI=1S/C23H20N2O2S/c26-16-6-3-5-14(11-16)23-22-19(24-17-7-1-2-8-18(17)25-23)12-15(13-20(22)27)21-9-4-10-28-21/h1-12,15,22-26H,13H2. The summed E-state index contributed by atoms with van der Waals surface area (Å²) in [6.45, 7) is 0. The van der Waals surface area contributed by atoms with Crippen molar-refractivity contribution in [3.05, 3.63) is 88.3 Å². The Morgan fingerprint density at radius 1 is 1.00 bits per heavy atom. The molecule has 1 aromatic heterocycles. The van der Waals surface area contributed by atoms with Gasteiger partial charge in [-0.2, -0.15) is 0 Å². The van der Waals surface area contributed by atoms with E-state index in [0.29, 0.717) is 6.42 Å². The van der Waals surface area contributed by atoms with Crippen LogP contribution in [0.2, 0.25) is 0 Å². The molecule has 28 heavy (non-hydrogen) atoms. The van der Waals surface area contributed by atoms with E-state index in [4.69, 9.17) is 0 Å². The summed E-state index contributed by atoms with van der Waals surface area (Å²) in [6.07, 6.45) is 2.70. The van der Waals surface area contributed by atoms with E-state index in [9.17, 15) is 9.90 Å². The molecule has 3 aromatic rings. The van der Waals surface area contributed by atoms with E-state index in [1.165, 1.54) is 4.88 Å². The van der Waals surface area contributed by atoms with Gasteiger partial charge in [-0.3, -0.25) is 4.79 Å². The van der Waals surface area contributed by atoms with Gasteiger partial charge in [0.25, 0.3) is 0 Å². The predicted molar refractivity (Wildman–Crippen MR) is 113 cm³/mol. The lowest BCUT2D eigenvalue weighted by Gasteiger charge is -2.32. The number of thiophene rings is 1. The molecule has 0 fully saturated rings. The minimum absolute atomic E-state index is 0.0985. The van der Waals surface area contributed by atoms with Gasteiger partial charge in [-0.25, -0.2) is 0 Å². The Balaban J connectivity index is 1.64. The quantitative estimate of drug-likeness (QED) is 0.558. The molecule has 2 aliphatic rings. The summed E-state index contributed by atoms with van der Waals surface area (Å²) in [5, 5.41) is 19.1. The zero-order chi connectivity index (χ0) is 19.1. The Labute approximate surface area is 167 Å². The summed E-state index contributed by atoms with van der Waals surface area (Å²) in [5.41, 5.74) is 3.74. The number of para-hydroxylation sites is 2. The molecular weight excluding hydrogens is 368 g/mol. The van der Waals surface area contributed by atoms with E-state index < -0.39 is 0 Å². The lowest BCUT2D eigenvalue weighted by atomic mass is 9.78. The van der Waals surface area contributed by atoms with Gasteiger partial charge in [0.2, 0.25) is 0 Å². The summed E-state index contributed by atoms with van der Waals surface area (Å²) >= 11 is 1.69. The number of rotatable bonds is 2. The number of anilines is 2. The van der Waals surface area contributed by atoms with Gasteiger partial charge < -0.3 is 15.7 Å². The van der Waals surface area contributed by atoms with Crippen LogP contribution >= 0.6 is 11.3 Å². The van der Waals surface area contributed by atoms with Gasteiger partial charge in [0.15, 0.2) is 0 Å². The van der Waals surface area contributed by atoms with Crippen molar-refractivity contribution in [2.24, 2.45) is 5.92 Å². The number of Topliss-reactive ketones (excluding diaryl/α,β-unsaturated/α-hetero) is 1. The highest BCUT2D eigenvalue weighted by molar-refractivity contribution is 7.10. The maximum atomic E-state index is 13.3. The second-order valence-electron chi connectivity index (χ2n) is 7.28. The van der Waals surface area contributed by atoms with Crippen LogP contribution < -0.4 is 10.6 Å². The fraction of sp³-hybridized carbons (Fsp3) is 0.174. The third-order valence-corrected chi connectivity index (χ3v) is 6.48. The van der Waals surface area contributed by atoms with Crippen LogP contribution in [0.1, 0.15) is 28.8 Å². The number of hydrogen-bond donors (Lipinski definition) is 3. The van der Waals surface area contributed by atoms with Crippen molar-refractivity contribution >= 4 is 28.5 Å². The van der Waals surface area contributed by atoms with E-state index in [-0.39, 0.29) is 29.4 Å². The molecule has 0 bridgehead atoms. The highest BCUT2D eigenvalue weighted by Gasteiger charge is 2.40. The Hall–Kier alpha value is -3.05. The number of carbonyl (C=O) groups excluding carboxylic acids is 1. The molecule has 3 unspecified atom stereocenters. The molecule has 0 amide bonds. The van der Waals surface area contributed by atoms with Gasteiger partial charge in [-0.1, -0.05) is 36.4 Å². The number of allylic oxidation sites excluding steroid dienone is 1. The van der Waals surface area contributed by atoms with Gasteiger partial charge >= 0.3 is 0 Å². The largest absolute Gasteiger partial charge is 0.508 e. The first-order valence-electron chi connectivity index (χ1n) is 9.38. The minimum atomic E-state index is -0.328. The van der Waals surface area contributed by atoms with Crippen molar-refractivity contribution in [3.8, 4) is 5.75 Å². The average Bonchev–Trinajstić information content (AvgIpc) is 3.17. The molecule has 1 aliphatic carbocycles. The molecular formula is C23H20N2O2S. The van der Waals surface area contributed by atoms with E-state index in [0.717, 1.165) is 22.6 Å². The first kappa shape index (κ1) is 17.1. The zero-order valence-electron chi connectivity index (χ0n) is 15.1. The Bertz CT molecular complexity index is 1060. The Kier molecular flexibility index (Phi) is 4.17. The van der Waals surface area contributed by atoms with Crippen LogP contribution in [-0.4, -0.2) is 10.9 Å². The molecule has 0 saturated heterocycles. The minimum Gasteiger partial charge on any atom is -0.508 e. The van der Waals surface area contributed by atoms with E-state index >= 15 is 0 Å². The van der Waals surface area contributed by atoms with Crippen LogP contribution in [0.5, 0.6) is 5.75 Å². The van der Waals surface area contributed by atoms with Crippen molar-refractivity contribution in [3.63, 3.8) is 0 Å². The number of phenolic OH excluding ortho intramolecular Hbond substituents is 1. The molecule has 4 nitrogen and oxygen atoms in total. The summed E-state index contributed by atoms with van der Waals surface area (Å²) in [4.78, 5) is 14.5. The van der Waals surface area contributed by atoms with Gasteiger partial charge in [-0.15, -0.1) is 11.3 Å². The fourth-order valence-electron chi connectivity index (χ4n) is 4.18. The normalized spacial score (nSPS) is 23.5. The molecule has 5 rings (SSSR count). The lowest BCUT2D eigenvalue weighted by Crippen LogP contribution is -2.33. The van der Waals surface area contributed by atoms with Gasteiger partial charge in [0.05, 0.1) is 23.3 Å². The topological polar surface area (TPSA) is 61.4 Å². The molecule has 2 aromatic carbocycles. The average molecular weight is 388 g/mol. The van der Waals surface area contributed by atoms with Crippen molar-refractivity contribution in [2.45, 2.75) is 18.4 Å². The highest BCUT2D eigenvalue weighted by Crippen LogP contribution is 2.45. The first-order valence-corrected chi connectivity index (χ1v) is 10.3. The summed E-state index contributed by atoms with van der Waals surface area (Å²) < 4.78 is 0. The number of fused-ring (bicyclic) bond motifs is 2. The van der Waals surface area contributed by atoms with Crippen molar-refractivity contribution in [1.29, 1.82) is 0 Å². The monoisotopic (exact) mass is 388 g/mol.